The minimum Gasteiger partial charge on any atom is -0.444 e. The average molecular weight is 387 g/mol. The molecule has 126 valence electrons. The van der Waals surface area contributed by atoms with Crippen LogP contribution in [0.15, 0.2) is 16.7 Å². The average Bonchev–Trinajstić information content (AvgIpc) is 2.45. The number of carbonyl (C=O) groups excluding carboxylic acids is 2. The Morgan fingerprint density at radius 1 is 1.35 bits per heavy atom. The standard InChI is InChI=1S/C16H20BrFN2O3/c1-16(2,3)23-15(22)20-8-5-10(6-9-20)13(21)12-11(17)4-7-19-14(12)18/h4,7,10H,5-6,8-9H2,1-3H3. The maximum atomic E-state index is 13.8. The summed E-state index contributed by atoms with van der Waals surface area (Å²) in [5.74, 6) is -1.35. The molecule has 0 bridgehead atoms. The van der Waals surface area contributed by atoms with Crippen LogP contribution in [0.5, 0.6) is 0 Å². The topological polar surface area (TPSA) is 59.5 Å². The number of hydrogen-bond acceptors (Lipinski definition) is 4. The van der Waals surface area contributed by atoms with Crippen molar-refractivity contribution in [3.05, 3.63) is 28.2 Å². The van der Waals surface area contributed by atoms with Crippen LogP contribution in [0.3, 0.4) is 0 Å². The van der Waals surface area contributed by atoms with E-state index >= 15 is 0 Å². The van der Waals surface area contributed by atoms with E-state index in [2.05, 4.69) is 20.9 Å². The van der Waals surface area contributed by atoms with Gasteiger partial charge < -0.3 is 9.64 Å². The molecule has 0 aromatic carbocycles. The number of likely N-dealkylation sites (tertiary alicyclic amines) is 1. The highest BCUT2D eigenvalue weighted by atomic mass is 79.9. The van der Waals surface area contributed by atoms with Gasteiger partial charge >= 0.3 is 6.09 Å². The quantitative estimate of drug-likeness (QED) is 0.572. The molecule has 1 amide bonds. The first-order valence-electron chi connectivity index (χ1n) is 7.51. The molecule has 1 aliphatic rings. The van der Waals surface area contributed by atoms with Crippen LogP contribution >= 0.6 is 15.9 Å². The summed E-state index contributed by atoms with van der Waals surface area (Å²) in [6, 6.07) is 1.55. The van der Waals surface area contributed by atoms with Crippen LogP contribution in [0.25, 0.3) is 0 Å². The number of aromatic nitrogens is 1. The Kier molecular flexibility index (Phi) is 5.39. The number of ether oxygens (including phenoxy) is 1. The summed E-state index contributed by atoms with van der Waals surface area (Å²) < 4.78 is 19.5. The Bertz CT molecular complexity index is 588. The number of Topliss-reactive ketones (excluding diaryl/α,β-unsaturated/α-hetero) is 1. The Morgan fingerprint density at radius 3 is 2.48 bits per heavy atom. The second-order valence-corrected chi connectivity index (χ2v) is 7.42. The minimum absolute atomic E-state index is 0.0109. The molecule has 0 atom stereocenters. The second-order valence-electron chi connectivity index (χ2n) is 6.56. The van der Waals surface area contributed by atoms with Gasteiger partial charge in [0, 0.05) is 29.7 Å². The van der Waals surface area contributed by atoms with Gasteiger partial charge in [0.1, 0.15) is 5.60 Å². The number of amides is 1. The van der Waals surface area contributed by atoms with Gasteiger partial charge in [-0.05, 0) is 55.6 Å². The van der Waals surface area contributed by atoms with Gasteiger partial charge in [-0.25, -0.2) is 9.78 Å². The normalized spacial score (nSPS) is 16.3. The zero-order chi connectivity index (χ0) is 17.2. The van der Waals surface area contributed by atoms with E-state index in [0.717, 1.165) is 0 Å². The lowest BCUT2D eigenvalue weighted by atomic mass is 9.89. The van der Waals surface area contributed by atoms with Crippen LogP contribution in [-0.2, 0) is 4.74 Å². The lowest BCUT2D eigenvalue weighted by molar-refractivity contribution is 0.0182. The van der Waals surface area contributed by atoms with Gasteiger partial charge in [-0.15, -0.1) is 0 Å². The van der Waals surface area contributed by atoms with Crippen LogP contribution in [0, 0.1) is 11.9 Å². The number of halogens is 2. The van der Waals surface area contributed by atoms with Gasteiger partial charge in [-0.2, -0.15) is 4.39 Å². The molecular formula is C16H20BrFN2O3. The number of nitrogens with zero attached hydrogens (tertiary/aromatic N) is 2. The van der Waals surface area contributed by atoms with E-state index < -0.39 is 11.5 Å². The molecule has 2 rings (SSSR count). The van der Waals surface area contributed by atoms with E-state index in [-0.39, 0.29) is 23.4 Å². The first-order valence-corrected chi connectivity index (χ1v) is 8.30. The molecule has 1 aromatic heterocycles. The molecule has 1 fully saturated rings. The molecule has 1 aromatic rings. The highest BCUT2D eigenvalue weighted by molar-refractivity contribution is 9.10. The smallest absolute Gasteiger partial charge is 0.410 e. The summed E-state index contributed by atoms with van der Waals surface area (Å²) in [6.07, 6.45) is 1.90. The maximum Gasteiger partial charge on any atom is 0.410 e. The van der Waals surface area contributed by atoms with Crippen molar-refractivity contribution in [2.24, 2.45) is 5.92 Å². The van der Waals surface area contributed by atoms with Gasteiger partial charge in [-0.3, -0.25) is 4.79 Å². The molecule has 0 aliphatic carbocycles. The molecule has 1 aliphatic heterocycles. The Labute approximate surface area is 143 Å². The van der Waals surface area contributed by atoms with Gasteiger partial charge in [0.15, 0.2) is 5.78 Å². The zero-order valence-corrected chi connectivity index (χ0v) is 15.0. The van der Waals surface area contributed by atoms with Crippen molar-refractivity contribution in [2.75, 3.05) is 13.1 Å². The van der Waals surface area contributed by atoms with Crippen LogP contribution in [0.4, 0.5) is 9.18 Å². The fourth-order valence-electron chi connectivity index (χ4n) is 2.49. The van der Waals surface area contributed by atoms with Gasteiger partial charge in [0.25, 0.3) is 0 Å². The third kappa shape index (κ3) is 4.50. The molecule has 0 saturated carbocycles. The SMILES string of the molecule is CC(C)(C)OC(=O)N1CCC(C(=O)c2c(Br)ccnc2F)CC1. The Balaban J connectivity index is 1.99. The molecule has 0 unspecified atom stereocenters. The third-order valence-corrected chi connectivity index (χ3v) is 4.28. The van der Waals surface area contributed by atoms with E-state index in [1.165, 1.54) is 6.20 Å². The van der Waals surface area contributed by atoms with Crippen LogP contribution in [-0.4, -0.2) is 40.5 Å². The maximum absolute atomic E-state index is 13.8. The number of rotatable bonds is 2. The second kappa shape index (κ2) is 6.95. The summed E-state index contributed by atoms with van der Waals surface area (Å²) in [7, 11) is 0. The number of ketones is 1. The molecule has 0 N–H and O–H groups in total. The molecule has 2 heterocycles. The molecule has 23 heavy (non-hydrogen) atoms. The van der Waals surface area contributed by atoms with E-state index in [1.807, 2.05) is 20.8 Å². The first kappa shape index (κ1) is 17.8. The number of piperidine rings is 1. The summed E-state index contributed by atoms with van der Waals surface area (Å²) in [6.45, 7) is 6.27. The van der Waals surface area contributed by atoms with Crippen LogP contribution < -0.4 is 0 Å². The monoisotopic (exact) mass is 386 g/mol. The number of pyridine rings is 1. The Morgan fingerprint density at radius 2 is 1.96 bits per heavy atom. The molecule has 0 radical (unpaired) electrons. The van der Waals surface area contributed by atoms with Crippen molar-refractivity contribution < 1.29 is 18.7 Å². The largest absolute Gasteiger partial charge is 0.444 e. The summed E-state index contributed by atoms with van der Waals surface area (Å²) in [4.78, 5) is 29.6. The Hall–Kier alpha value is -1.50. The molecule has 1 saturated heterocycles. The first-order chi connectivity index (χ1) is 10.7. The highest BCUT2D eigenvalue weighted by Gasteiger charge is 2.32. The molecule has 0 spiro atoms. The molecular weight excluding hydrogens is 367 g/mol. The summed E-state index contributed by atoms with van der Waals surface area (Å²) in [5, 5.41) is 0. The predicted octanol–water partition coefficient (Wildman–Crippen LogP) is 3.81. The van der Waals surface area contributed by atoms with Crippen molar-refractivity contribution in [3.63, 3.8) is 0 Å². The fourth-order valence-corrected chi connectivity index (χ4v) is 2.97. The van der Waals surface area contributed by atoms with Crippen molar-refractivity contribution in [2.45, 2.75) is 39.2 Å². The van der Waals surface area contributed by atoms with Crippen LogP contribution in [0.2, 0.25) is 0 Å². The van der Waals surface area contributed by atoms with E-state index in [4.69, 9.17) is 4.74 Å². The van der Waals surface area contributed by atoms with Crippen molar-refractivity contribution >= 4 is 27.8 Å². The lowest BCUT2D eigenvalue weighted by Gasteiger charge is -2.33. The lowest BCUT2D eigenvalue weighted by Crippen LogP contribution is -2.43. The van der Waals surface area contributed by atoms with Gasteiger partial charge in [-0.1, -0.05) is 0 Å². The predicted molar refractivity (Wildman–Crippen MR) is 86.8 cm³/mol. The summed E-state index contributed by atoms with van der Waals surface area (Å²) in [5.41, 5.74) is -0.559. The minimum atomic E-state index is -0.765. The van der Waals surface area contributed by atoms with Crippen LogP contribution in [0.1, 0.15) is 44.0 Å². The number of carbonyl (C=O) groups is 2. The molecule has 7 heteroatoms. The molecule has 5 nitrogen and oxygen atoms in total. The van der Waals surface area contributed by atoms with Crippen molar-refractivity contribution in [1.29, 1.82) is 0 Å². The summed E-state index contributed by atoms with van der Waals surface area (Å²) >= 11 is 3.20. The van der Waals surface area contributed by atoms with Gasteiger partial charge in [0.2, 0.25) is 5.95 Å². The van der Waals surface area contributed by atoms with E-state index in [9.17, 15) is 14.0 Å². The van der Waals surface area contributed by atoms with Gasteiger partial charge in [0.05, 0.1) is 5.56 Å². The van der Waals surface area contributed by atoms with Crippen molar-refractivity contribution in [1.82, 2.24) is 9.88 Å². The van der Waals surface area contributed by atoms with E-state index in [1.54, 1.807) is 11.0 Å². The van der Waals surface area contributed by atoms with E-state index in [0.29, 0.717) is 30.4 Å². The zero-order valence-electron chi connectivity index (χ0n) is 13.4. The fraction of sp³-hybridized carbons (Fsp3) is 0.562. The highest BCUT2D eigenvalue weighted by Crippen LogP contribution is 2.27. The number of hydrogen-bond donors (Lipinski definition) is 0. The third-order valence-electron chi connectivity index (χ3n) is 3.62. The van der Waals surface area contributed by atoms with Crippen molar-refractivity contribution in [3.8, 4) is 0 Å².